The fourth-order valence-corrected chi connectivity index (χ4v) is 2.04. The van der Waals surface area contributed by atoms with Crippen molar-refractivity contribution in [3.63, 3.8) is 0 Å². The van der Waals surface area contributed by atoms with Gasteiger partial charge in [-0.05, 0) is 30.7 Å². The molecule has 1 aromatic carbocycles. The summed E-state index contributed by atoms with van der Waals surface area (Å²) in [7, 11) is 0. The molecule has 1 saturated heterocycles. The van der Waals surface area contributed by atoms with Gasteiger partial charge in [0.1, 0.15) is 5.75 Å². The quantitative estimate of drug-likeness (QED) is 0.863. The number of rotatable bonds is 4. The minimum atomic E-state index is -2.83. The van der Waals surface area contributed by atoms with E-state index in [4.69, 9.17) is 9.26 Å². The van der Waals surface area contributed by atoms with Gasteiger partial charge in [-0.1, -0.05) is 5.16 Å². The van der Waals surface area contributed by atoms with Crippen LogP contribution < -0.4 is 4.74 Å². The average Bonchev–Trinajstić information content (AvgIpc) is 3.10. The monoisotopic (exact) mass is 282 g/mol. The maximum Gasteiger partial charge on any atom is 0.387 e. The minimum absolute atomic E-state index is 0.0904. The van der Waals surface area contributed by atoms with Crippen molar-refractivity contribution in [1.82, 2.24) is 10.1 Å². The van der Waals surface area contributed by atoms with Crippen LogP contribution in [0, 0.1) is 0 Å². The molecule has 0 saturated carbocycles. The van der Waals surface area contributed by atoms with Crippen LogP contribution in [0.1, 0.15) is 18.2 Å². The Morgan fingerprint density at radius 3 is 2.70 bits per heavy atom. The van der Waals surface area contributed by atoms with Crippen LogP contribution in [-0.2, 0) is 4.74 Å². The molecule has 7 heteroatoms. The Bertz CT molecular complexity index is 565. The summed E-state index contributed by atoms with van der Waals surface area (Å²) in [5, 5.41) is 3.93. The van der Waals surface area contributed by atoms with Crippen LogP contribution in [0.5, 0.6) is 5.75 Å². The Morgan fingerprint density at radius 2 is 2.05 bits per heavy atom. The van der Waals surface area contributed by atoms with Gasteiger partial charge in [-0.2, -0.15) is 13.8 Å². The number of hydrogen-bond acceptors (Lipinski definition) is 5. The first kappa shape index (κ1) is 13.0. The molecule has 1 unspecified atom stereocenters. The van der Waals surface area contributed by atoms with Crippen LogP contribution in [0.2, 0.25) is 0 Å². The first-order chi connectivity index (χ1) is 9.72. The largest absolute Gasteiger partial charge is 0.435 e. The van der Waals surface area contributed by atoms with Crippen molar-refractivity contribution >= 4 is 0 Å². The highest BCUT2D eigenvalue weighted by atomic mass is 19.3. The Morgan fingerprint density at radius 1 is 1.25 bits per heavy atom. The van der Waals surface area contributed by atoms with Crippen LogP contribution in [0.25, 0.3) is 11.5 Å². The van der Waals surface area contributed by atoms with E-state index in [0.29, 0.717) is 30.5 Å². The molecular formula is C13H12F2N2O3. The highest BCUT2D eigenvalue weighted by molar-refractivity contribution is 5.54. The summed E-state index contributed by atoms with van der Waals surface area (Å²) in [6.45, 7) is -1.54. The van der Waals surface area contributed by atoms with E-state index < -0.39 is 6.61 Å². The van der Waals surface area contributed by atoms with E-state index in [-0.39, 0.29) is 11.7 Å². The lowest BCUT2D eigenvalue weighted by Gasteiger charge is -2.03. The molecule has 3 rings (SSSR count). The minimum Gasteiger partial charge on any atom is -0.435 e. The van der Waals surface area contributed by atoms with E-state index >= 15 is 0 Å². The van der Waals surface area contributed by atoms with Crippen LogP contribution in [-0.4, -0.2) is 30.0 Å². The van der Waals surface area contributed by atoms with Crippen molar-refractivity contribution in [2.24, 2.45) is 0 Å². The predicted molar refractivity (Wildman–Crippen MR) is 64.5 cm³/mol. The number of ether oxygens (including phenoxy) is 2. The zero-order chi connectivity index (χ0) is 13.9. The maximum absolute atomic E-state index is 12.0. The van der Waals surface area contributed by atoms with Gasteiger partial charge >= 0.3 is 6.61 Å². The van der Waals surface area contributed by atoms with Crippen molar-refractivity contribution in [3.8, 4) is 17.2 Å². The summed E-state index contributed by atoms with van der Waals surface area (Å²) in [6, 6.07) is 6.06. The Balaban J connectivity index is 1.75. The Kier molecular flexibility index (Phi) is 3.60. The lowest BCUT2D eigenvalue weighted by atomic mass is 10.1. The van der Waals surface area contributed by atoms with Crippen molar-refractivity contribution in [2.45, 2.75) is 19.0 Å². The zero-order valence-electron chi connectivity index (χ0n) is 10.5. The molecule has 0 bridgehead atoms. The Labute approximate surface area is 113 Å². The van der Waals surface area contributed by atoms with Gasteiger partial charge in [0.05, 0.1) is 6.61 Å². The second kappa shape index (κ2) is 5.54. The molecule has 106 valence electrons. The second-order valence-corrected chi connectivity index (χ2v) is 4.42. The highest BCUT2D eigenvalue weighted by Crippen LogP contribution is 2.26. The first-order valence-electron chi connectivity index (χ1n) is 6.19. The normalized spacial score (nSPS) is 18.6. The molecular weight excluding hydrogens is 270 g/mol. The number of nitrogens with zero attached hydrogens (tertiary/aromatic N) is 2. The molecule has 5 nitrogen and oxygen atoms in total. The fraction of sp³-hybridized carbons (Fsp3) is 0.385. The predicted octanol–water partition coefficient (Wildman–Crippen LogP) is 2.84. The smallest absolute Gasteiger partial charge is 0.387 e. The SMILES string of the molecule is FC(F)Oc1ccc(-c2nc(C3CCOC3)no2)cc1. The number of aromatic nitrogens is 2. The van der Waals surface area contributed by atoms with Crippen molar-refractivity contribution in [1.29, 1.82) is 0 Å². The van der Waals surface area contributed by atoms with E-state index in [9.17, 15) is 8.78 Å². The number of benzene rings is 1. The van der Waals surface area contributed by atoms with Crippen LogP contribution >= 0.6 is 0 Å². The van der Waals surface area contributed by atoms with E-state index in [2.05, 4.69) is 14.9 Å². The second-order valence-electron chi connectivity index (χ2n) is 4.42. The van der Waals surface area contributed by atoms with Crippen LogP contribution in [0.3, 0.4) is 0 Å². The van der Waals surface area contributed by atoms with Crippen molar-refractivity contribution < 1.29 is 22.8 Å². The standard InChI is InChI=1S/C13H12F2N2O3/c14-13(15)19-10-3-1-8(2-4-10)12-16-11(17-20-12)9-5-6-18-7-9/h1-4,9,13H,5-7H2. The molecule has 2 aromatic rings. The van der Waals surface area contributed by atoms with Crippen LogP contribution in [0.15, 0.2) is 28.8 Å². The molecule has 20 heavy (non-hydrogen) atoms. The molecule has 2 heterocycles. The first-order valence-corrected chi connectivity index (χ1v) is 6.19. The molecule has 0 amide bonds. The topological polar surface area (TPSA) is 57.4 Å². The molecule has 1 aliphatic heterocycles. The van der Waals surface area contributed by atoms with Gasteiger partial charge in [0.25, 0.3) is 5.89 Å². The molecule has 0 aliphatic carbocycles. The molecule has 0 N–H and O–H groups in total. The molecule has 0 radical (unpaired) electrons. The highest BCUT2D eigenvalue weighted by Gasteiger charge is 2.23. The van der Waals surface area contributed by atoms with Gasteiger partial charge < -0.3 is 14.0 Å². The zero-order valence-corrected chi connectivity index (χ0v) is 10.5. The van der Waals surface area contributed by atoms with Crippen molar-refractivity contribution in [2.75, 3.05) is 13.2 Å². The summed E-state index contributed by atoms with van der Waals surface area (Å²) in [4.78, 5) is 4.31. The number of hydrogen-bond donors (Lipinski definition) is 0. The Hall–Kier alpha value is -2.02. The van der Waals surface area contributed by atoms with Gasteiger partial charge in [-0.3, -0.25) is 0 Å². The third-order valence-electron chi connectivity index (χ3n) is 3.06. The van der Waals surface area contributed by atoms with Crippen molar-refractivity contribution in [3.05, 3.63) is 30.1 Å². The number of halogens is 2. The van der Waals surface area contributed by atoms with Gasteiger partial charge in [-0.25, -0.2) is 0 Å². The van der Waals surface area contributed by atoms with E-state index in [1.165, 1.54) is 12.1 Å². The average molecular weight is 282 g/mol. The third kappa shape index (κ3) is 2.77. The van der Waals surface area contributed by atoms with Gasteiger partial charge in [0, 0.05) is 18.1 Å². The molecule has 1 aromatic heterocycles. The summed E-state index contributed by atoms with van der Waals surface area (Å²) >= 11 is 0. The summed E-state index contributed by atoms with van der Waals surface area (Å²) in [5.74, 6) is 1.22. The summed E-state index contributed by atoms with van der Waals surface area (Å²) in [6.07, 6.45) is 0.875. The lowest BCUT2D eigenvalue weighted by Crippen LogP contribution is -2.01. The lowest BCUT2D eigenvalue weighted by molar-refractivity contribution is -0.0498. The summed E-state index contributed by atoms with van der Waals surface area (Å²) < 4.78 is 38.8. The number of alkyl halides is 2. The van der Waals surface area contributed by atoms with Crippen LogP contribution in [0.4, 0.5) is 8.78 Å². The van der Waals surface area contributed by atoms with E-state index in [1.54, 1.807) is 12.1 Å². The van der Waals surface area contributed by atoms with E-state index in [0.717, 1.165) is 6.42 Å². The third-order valence-corrected chi connectivity index (χ3v) is 3.06. The molecule has 1 fully saturated rings. The maximum atomic E-state index is 12.0. The van der Waals surface area contributed by atoms with Gasteiger partial charge in [0.15, 0.2) is 5.82 Å². The summed E-state index contributed by atoms with van der Waals surface area (Å²) in [5.41, 5.74) is 0.657. The van der Waals surface area contributed by atoms with E-state index in [1.807, 2.05) is 0 Å². The van der Waals surface area contributed by atoms with Gasteiger partial charge in [-0.15, -0.1) is 0 Å². The molecule has 1 atom stereocenters. The van der Waals surface area contributed by atoms with Gasteiger partial charge in [0.2, 0.25) is 0 Å². The molecule has 0 spiro atoms. The molecule has 1 aliphatic rings. The fourth-order valence-electron chi connectivity index (χ4n) is 2.04.